The SMILES string of the molecule is Cc1ccc(S(=O)OC2CC3(CCN(C)C3)C2)cc1. The molecule has 4 heteroatoms. The minimum Gasteiger partial charge on any atom is -0.306 e. The smallest absolute Gasteiger partial charge is 0.189 e. The molecule has 1 aliphatic carbocycles. The third-order valence-corrected chi connectivity index (χ3v) is 5.49. The zero-order valence-corrected chi connectivity index (χ0v) is 12.4. The van der Waals surface area contributed by atoms with Crippen LogP contribution >= 0.6 is 0 Å². The van der Waals surface area contributed by atoms with Crippen LogP contribution in [0.25, 0.3) is 0 Å². The van der Waals surface area contributed by atoms with E-state index in [2.05, 4.69) is 11.9 Å². The number of hydrogen-bond donors (Lipinski definition) is 0. The van der Waals surface area contributed by atoms with E-state index in [1.165, 1.54) is 25.1 Å². The highest BCUT2D eigenvalue weighted by atomic mass is 32.2. The van der Waals surface area contributed by atoms with Crippen molar-refractivity contribution in [3.8, 4) is 0 Å². The van der Waals surface area contributed by atoms with Crippen LogP contribution in [-0.2, 0) is 15.3 Å². The lowest BCUT2D eigenvalue weighted by atomic mass is 9.66. The first-order chi connectivity index (χ1) is 9.06. The molecule has 0 N–H and O–H groups in total. The van der Waals surface area contributed by atoms with Gasteiger partial charge >= 0.3 is 0 Å². The van der Waals surface area contributed by atoms with Gasteiger partial charge in [0.25, 0.3) is 0 Å². The Morgan fingerprint density at radius 1 is 1.32 bits per heavy atom. The summed E-state index contributed by atoms with van der Waals surface area (Å²) in [7, 11) is 2.17. The second kappa shape index (κ2) is 5.00. The van der Waals surface area contributed by atoms with Gasteiger partial charge in [-0.25, -0.2) is 4.21 Å². The standard InChI is InChI=1S/C15H21NO2S/c1-12-3-5-14(6-4-12)19(17)18-13-9-15(10-13)7-8-16(2)11-15/h3-6,13H,7-11H2,1-2H3. The van der Waals surface area contributed by atoms with E-state index in [9.17, 15) is 4.21 Å². The maximum Gasteiger partial charge on any atom is 0.189 e. The summed E-state index contributed by atoms with van der Waals surface area (Å²) in [4.78, 5) is 3.16. The van der Waals surface area contributed by atoms with Crippen molar-refractivity contribution in [1.29, 1.82) is 0 Å². The van der Waals surface area contributed by atoms with Gasteiger partial charge in [-0.05, 0) is 57.3 Å². The van der Waals surface area contributed by atoms with Crippen LogP contribution in [0, 0.1) is 12.3 Å². The van der Waals surface area contributed by atoms with Crippen molar-refractivity contribution in [2.24, 2.45) is 5.41 Å². The molecule has 3 nitrogen and oxygen atoms in total. The van der Waals surface area contributed by atoms with Crippen molar-refractivity contribution in [3.05, 3.63) is 29.8 Å². The highest BCUT2D eigenvalue weighted by molar-refractivity contribution is 7.80. The van der Waals surface area contributed by atoms with Crippen LogP contribution in [0.4, 0.5) is 0 Å². The number of likely N-dealkylation sites (tertiary alicyclic amines) is 1. The minimum atomic E-state index is -1.31. The Kier molecular flexibility index (Phi) is 3.50. The van der Waals surface area contributed by atoms with Crippen molar-refractivity contribution in [1.82, 2.24) is 4.90 Å². The van der Waals surface area contributed by atoms with E-state index < -0.39 is 11.1 Å². The molecular formula is C15H21NO2S. The van der Waals surface area contributed by atoms with Gasteiger partial charge in [0.15, 0.2) is 11.1 Å². The van der Waals surface area contributed by atoms with Gasteiger partial charge in [0.2, 0.25) is 0 Å². The van der Waals surface area contributed by atoms with Gasteiger partial charge in [0, 0.05) is 6.54 Å². The van der Waals surface area contributed by atoms with Gasteiger partial charge in [-0.3, -0.25) is 4.18 Å². The van der Waals surface area contributed by atoms with E-state index in [0.717, 1.165) is 17.7 Å². The Balaban J connectivity index is 1.54. The maximum atomic E-state index is 12.1. The van der Waals surface area contributed by atoms with Gasteiger partial charge < -0.3 is 4.90 Å². The number of aryl methyl sites for hydroxylation is 1. The molecule has 19 heavy (non-hydrogen) atoms. The predicted molar refractivity (Wildman–Crippen MR) is 76.2 cm³/mol. The molecule has 1 saturated carbocycles. The average Bonchev–Trinajstić information content (AvgIpc) is 2.72. The predicted octanol–water partition coefficient (Wildman–Crippen LogP) is 2.52. The van der Waals surface area contributed by atoms with Crippen molar-refractivity contribution < 1.29 is 8.39 Å². The van der Waals surface area contributed by atoms with Crippen LogP contribution in [0.3, 0.4) is 0 Å². The maximum absolute atomic E-state index is 12.1. The molecule has 1 heterocycles. The van der Waals surface area contributed by atoms with Crippen LogP contribution in [0.2, 0.25) is 0 Å². The molecule has 1 atom stereocenters. The second-order valence-corrected chi connectivity index (χ2v) is 7.30. The molecule has 2 aliphatic rings. The molecule has 104 valence electrons. The van der Waals surface area contributed by atoms with E-state index >= 15 is 0 Å². The zero-order valence-electron chi connectivity index (χ0n) is 11.6. The largest absolute Gasteiger partial charge is 0.306 e. The first kappa shape index (κ1) is 13.3. The van der Waals surface area contributed by atoms with Crippen LogP contribution in [0.15, 0.2) is 29.2 Å². The fourth-order valence-corrected chi connectivity index (χ4v) is 4.15. The monoisotopic (exact) mass is 279 g/mol. The average molecular weight is 279 g/mol. The highest BCUT2D eigenvalue weighted by Gasteiger charge is 2.48. The summed E-state index contributed by atoms with van der Waals surface area (Å²) in [5, 5.41) is 0. The quantitative estimate of drug-likeness (QED) is 0.851. The summed E-state index contributed by atoms with van der Waals surface area (Å²) in [6.45, 7) is 4.39. The minimum absolute atomic E-state index is 0.175. The van der Waals surface area contributed by atoms with Crippen LogP contribution in [0.1, 0.15) is 24.8 Å². The van der Waals surface area contributed by atoms with Gasteiger partial charge in [-0.2, -0.15) is 0 Å². The summed E-state index contributed by atoms with van der Waals surface area (Å²) in [5.74, 6) is 0. The molecule has 0 amide bonds. The van der Waals surface area contributed by atoms with Crippen molar-refractivity contribution >= 4 is 11.1 Å². The molecule has 1 spiro atoms. The number of hydrogen-bond acceptors (Lipinski definition) is 3. The molecule has 1 unspecified atom stereocenters. The van der Waals surface area contributed by atoms with E-state index in [4.69, 9.17) is 4.18 Å². The number of rotatable bonds is 3. The topological polar surface area (TPSA) is 29.5 Å². The lowest BCUT2D eigenvalue weighted by molar-refractivity contribution is 0.00145. The molecule has 0 bridgehead atoms. The summed E-state index contributed by atoms with van der Waals surface area (Å²) in [6, 6.07) is 7.74. The molecule has 2 fully saturated rings. The lowest BCUT2D eigenvalue weighted by Crippen LogP contribution is -2.44. The third kappa shape index (κ3) is 2.76. The van der Waals surface area contributed by atoms with E-state index in [1.54, 1.807) is 0 Å². The summed E-state index contributed by atoms with van der Waals surface area (Å²) in [6.07, 6.45) is 3.57. The highest BCUT2D eigenvalue weighted by Crippen LogP contribution is 2.49. The summed E-state index contributed by atoms with van der Waals surface area (Å²) < 4.78 is 17.8. The number of nitrogens with zero attached hydrogens (tertiary/aromatic N) is 1. The van der Waals surface area contributed by atoms with Crippen molar-refractivity contribution in [2.45, 2.75) is 37.2 Å². The molecule has 0 aromatic heterocycles. The summed E-state index contributed by atoms with van der Waals surface area (Å²) >= 11 is -1.31. The molecule has 1 aromatic carbocycles. The van der Waals surface area contributed by atoms with E-state index in [1.807, 2.05) is 31.2 Å². The van der Waals surface area contributed by atoms with E-state index in [-0.39, 0.29) is 6.10 Å². The van der Waals surface area contributed by atoms with Crippen LogP contribution < -0.4 is 0 Å². The van der Waals surface area contributed by atoms with Crippen molar-refractivity contribution in [2.75, 3.05) is 20.1 Å². The number of benzene rings is 1. The Morgan fingerprint density at radius 2 is 2.00 bits per heavy atom. The lowest BCUT2D eigenvalue weighted by Gasteiger charge is -2.44. The molecule has 1 aromatic rings. The molecule has 1 aliphatic heterocycles. The zero-order chi connectivity index (χ0) is 13.5. The fraction of sp³-hybridized carbons (Fsp3) is 0.600. The van der Waals surface area contributed by atoms with Gasteiger partial charge in [0.05, 0.1) is 11.0 Å². The Bertz CT molecular complexity index is 479. The van der Waals surface area contributed by atoms with Crippen LogP contribution in [0.5, 0.6) is 0 Å². The molecule has 3 rings (SSSR count). The molecule has 0 radical (unpaired) electrons. The Hall–Kier alpha value is -0.710. The van der Waals surface area contributed by atoms with Gasteiger partial charge in [0.1, 0.15) is 0 Å². The van der Waals surface area contributed by atoms with Gasteiger partial charge in [-0.15, -0.1) is 0 Å². The van der Waals surface area contributed by atoms with Gasteiger partial charge in [-0.1, -0.05) is 17.7 Å². The first-order valence-corrected chi connectivity index (χ1v) is 7.98. The normalized spacial score (nSPS) is 32.4. The first-order valence-electron chi connectivity index (χ1n) is 6.90. The van der Waals surface area contributed by atoms with E-state index in [0.29, 0.717) is 5.41 Å². The summed E-state index contributed by atoms with van der Waals surface area (Å²) in [5.41, 5.74) is 1.63. The molecular weight excluding hydrogens is 258 g/mol. The Morgan fingerprint density at radius 3 is 2.58 bits per heavy atom. The fourth-order valence-electron chi connectivity index (χ4n) is 3.29. The third-order valence-electron chi connectivity index (χ3n) is 4.39. The van der Waals surface area contributed by atoms with Crippen LogP contribution in [-0.4, -0.2) is 35.3 Å². The second-order valence-electron chi connectivity index (χ2n) is 6.16. The Labute approximate surface area is 117 Å². The van der Waals surface area contributed by atoms with Crippen molar-refractivity contribution in [3.63, 3.8) is 0 Å². The molecule has 1 saturated heterocycles.